The summed E-state index contributed by atoms with van der Waals surface area (Å²) in [5, 5.41) is 3.70. The minimum Gasteiger partial charge on any atom is -0.316 e. The van der Waals surface area contributed by atoms with Gasteiger partial charge in [-0.15, -0.1) is 0 Å². The van der Waals surface area contributed by atoms with E-state index in [1.54, 1.807) is 5.56 Å². The highest BCUT2D eigenvalue weighted by atomic mass is 14.9. The Morgan fingerprint density at radius 2 is 1.85 bits per heavy atom. The molecule has 20 heavy (non-hydrogen) atoms. The Bertz CT molecular complexity index is 397. The first kappa shape index (κ1) is 15.6. The largest absolute Gasteiger partial charge is 0.316 e. The molecule has 2 atom stereocenters. The van der Waals surface area contributed by atoms with Gasteiger partial charge in [-0.1, -0.05) is 57.4 Å². The number of rotatable bonds is 5. The van der Waals surface area contributed by atoms with Crippen LogP contribution in [-0.4, -0.2) is 13.1 Å². The minimum atomic E-state index is 0.748. The average molecular weight is 273 g/mol. The molecule has 2 unspecified atom stereocenters. The molecule has 0 spiro atoms. The Morgan fingerprint density at radius 3 is 2.60 bits per heavy atom. The number of nitrogens with one attached hydrogen (secondary N) is 1. The molecule has 0 bridgehead atoms. The third-order valence-electron chi connectivity index (χ3n) is 4.71. The predicted molar refractivity (Wildman–Crippen MR) is 88.2 cm³/mol. The van der Waals surface area contributed by atoms with Crippen molar-refractivity contribution in [2.75, 3.05) is 13.1 Å². The molecule has 1 fully saturated rings. The summed E-state index contributed by atoms with van der Waals surface area (Å²) in [6.45, 7) is 9.20. The van der Waals surface area contributed by atoms with Gasteiger partial charge in [-0.25, -0.2) is 0 Å². The van der Waals surface area contributed by atoms with E-state index >= 15 is 0 Å². The third kappa shape index (κ3) is 4.34. The van der Waals surface area contributed by atoms with Gasteiger partial charge >= 0.3 is 0 Å². The van der Waals surface area contributed by atoms with Gasteiger partial charge in [0.05, 0.1) is 0 Å². The normalized spacial score (nSPS) is 23.8. The van der Waals surface area contributed by atoms with E-state index in [9.17, 15) is 0 Å². The molecule has 0 saturated heterocycles. The van der Waals surface area contributed by atoms with Gasteiger partial charge in [-0.2, -0.15) is 0 Å². The Morgan fingerprint density at radius 1 is 1.10 bits per heavy atom. The lowest BCUT2D eigenvalue weighted by Crippen LogP contribution is -2.29. The van der Waals surface area contributed by atoms with Crippen LogP contribution in [0, 0.1) is 18.8 Å². The van der Waals surface area contributed by atoms with Gasteiger partial charge in [-0.05, 0) is 61.7 Å². The molecule has 1 aliphatic carbocycles. The first-order chi connectivity index (χ1) is 9.68. The van der Waals surface area contributed by atoms with Gasteiger partial charge in [0, 0.05) is 0 Å². The van der Waals surface area contributed by atoms with E-state index in [-0.39, 0.29) is 0 Å². The van der Waals surface area contributed by atoms with Gasteiger partial charge in [0.1, 0.15) is 0 Å². The highest BCUT2D eigenvalue weighted by Crippen LogP contribution is 2.37. The highest BCUT2D eigenvalue weighted by molar-refractivity contribution is 5.30. The molecular weight excluding hydrogens is 242 g/mol. The van der Waals surface area contributed by atoms with Crippen LogP contribution in [0.15, 0.2) is 24.3 Å². The van der Waals surface area contributed by atoms with Crippen molar-refractivity contribution in [1.29, 1.82) is 0 Å². The summed E-state index contributed by atoms with van der Waals surface area (Å²) in [6, 6.07) is 9.02. The molecule has 1 saturated carbocycles. The molecule has 1 heteroatoms. The molecule has 2 rings (SSSR count). The van der Waals surface area contributed by atoms with Crippen LogP contribution in [0.1, 0.15) is 63.0 Å². The zero-order valence-corrected chi connectivity index (χ0v) is 13.5. The second kappa shape index (κ2) is 7.83. The van der Waals surface area contributed by atoms with Gasteiger partial charge in [0.2, 0.25) is 0 Å². The number of aryl methyl sites for hydroxylation is 1. The molecule has 1 N–H and O–H groups in total. The van der Waals surface area contributed by atoms with Crippen molar-refractivity contribution < 1.29 is 0 Å². The van der Waals surface area contributed by atoms with E-state index < -0.39 is 0 Å². The quantitative estimate of drug-likeness (QED) is 0.752. The van der Waals surface area contributed by atoms with E-state index in [1.807, 2.05) is 0 Å². The van der Waals surface area contributed by atoms with Crippen molar-refractivity contribution in [3.63, 3.8) is 0 Å². The Kier molecular flexibility index (Phi) is 6.09. The summed E-state index contributed by atoms with van der Waals surface area (Å²) >= 11 is 0. The van der Waals surface area contributed by atoms with Crippen molar-refractivity contribution in [1.82, 2.24) is 5.32 Å². The molecule has 0 amide bonds. The second-order valence-electron chi connectivity index (χ2n) is 6.91. The zero-order valence-electron chi connectivity index (χ0n) is 13.5. The van der Waals surface area contributed by atoms with Crippen molar-refractivity contribution in [2.45, 2.75) is 58.8 Å². The lowest BCUT2D eigenvalue weighted by molar-refractivity contribution is 0.365. The molecule has 0 heterocycles. The van der Waals surface area contributed by atoms with Crippen LogP contribution < -0.4 is 5.32 Å². The maximum Gasteiger partial charge on any atom is -0.00146 e. The SMILES string of the molecule is Cc1ccccc1C1CCCCCC1CNCC(C)C. The molecule has 1 aliphatic rings. The maximum absolute atomic E-state index is 3.70. The predicted octanol–water partition coefficient (Wildman–Crippen LogP) is 4.90. The minimum absolute atomic E-state index is 0.748. The van der Waals surface area contributed by atoms with Crippen LogP contribution >= 0.6 is 0 Å². The van der Waals surface area contributed by atoms with Gasteiger partial charge in [0.25, 0.3) is 0 Å². The van der Waals surface area contributed by atoms with Gasteiger partial charge < -0.3 is 5.32 Å². The highest BCUT2D eigenvalue weighted by Gasteiger charge is 2.25. The van der Waals surface area contributed by atoms with E-state index in [4.69, 9.17) is 0 Å². The second-order valence-corrected chi connectivity index (χ2v) is 6.91. The van der Waals surface area contributed by atoms with Crippen LogP contribution in [0.4, 0.5) is 0 Å². The maximum atomic E-state index is 3.70. The molecule has 1 nitrogen and oxygen atoms in total. The smallest absolute Gasteiger partial charge is 0.00146 e. The molecule has 0 aromatic heterocycles. The molecule has 0 aliphatic heterocycles. The summed E-state index contributed by atoms with van der Waals surface area (Å²) in [5.41, 5.74) is 3.08. The topological polar surface area (TPSA) is 12.0 Å². The van der Waals surface area contributed by atoms with E-state index in [0.717, 1.165) is 24.3 Å². The molecule has 112 valence electrons. The van der Waals surface area contributed by atoms with Crippen molar-refractivity contribution in [3.8, 4) is 0 Å². The van der Waals surface area contributed by atoms with Crippen molar-refractivity contribution in [2.24, 2.45) is 11.8 Å². The van der Waals surface area contributed by atoms with E-state index in [1.165, 1.54) is 44.2 Å². The summed E-state index contributed by atoms with van der Waals surface area (Å²) in [5.74, 6) is 2.33. The van der Waals surface area contributed by atoms with E-state index in [2.05, 4.69) is 50.4 Å². The Balaban J connectivity index is 2.07. The number of benzene rings is 1. The summed E-state index contributed by atoms with van der Waals surface area (Å²) in [6.07, 6.45) is 7.00. The average Bonchev–Trinajstić information content (AvgIpc) is 2.64. The Hall–Kier alpha value is -0.820. The third-order valence-corrected chi connectivity index (χ3v) is 4.71. The lowest BCUT2D eigenvalue weighted by Gasteiger charge is -2.27. The van der Waals surface area contributed by atoms with Crippen LogP contribution in [0.2, 0.25) is 0 Å². The zero-order chi connectivity index (χ0) is 14.4. The monoisotopic (exact) mass is 273 g/mol. The molecular formula is C19H31N. The van der Waals surface area contributed by atoms with Gasteiger partial charge in [-0.3, -0.25) is 0 Å². The fourth-order valence-electron chi connectivity index (χ4n) is 3.60. The first-order valence-electron chi connectivity index (χ1n) is 8.44. The Labute approximate surface area is 125 Å². The summed E-state index contributed by atoms with van der Waals surface area (Å²) in [7, 11) is 0. The molecule has 1 aromatic carbocycles. The molecule has 1 aromatic rings. The first-order valence-corrected chi connectivity index (χ1v) is 8.44. The fourth-order valence-corrected chi connectivity index (χ4v) is 3.60. The fraction of sp³-hybridized carbons (Fsp3) is 0.684. The van der Waals surface area contributed by atoms with Crippen LogP contribution in [0.5, 0.6) is 0 Å². The van der Waals surface area contributed by atoms with Gasteiger partial charge in [0.15, 0.2) is 0 Å². The number of hydrogen-bond acceptors (Lipinski definition) is 1. The summed E-state index contributed by atoms with van der Waals surface area (Å²) < 4.78 is 0. The van der Waals surface area contributed by atoms with Crippen LogP contribution in [0.25, 0.3) is 0 Å². The van der Waals surface area contributed by atoms with Crippen LogP contribution in [-0.2, 0) is 0 Å². The summed E-state index contributed by atoms with van der Waals surface area (Å²) in [4.78, 5) is 0. The lowest BCUT2D eigenvalue weighted by atomic mass is 9.80. The van der Waals surface area contributed by atoms with E-state index in [0.29, 0.717) is 0 Å². The van der Waals surface area contributed by atoms with Crippen molar-refractivity contribution in [3.05, 3.63) is 35.4 Å². The van der Waals surface area contributed by atoms with Crippen LogP contribution in [0.3, 0.4) is 0 Å². The standard InChI is InChI=1S/C19H31N/c1-15(2)13-20-14-17-10-5-4-6-12-19(17)18-11-8-7-9-16(18)3/h7-9,11,15,17,19-20H,4-6,10,12-14H2,1-3H3. The van der Waals surface area contributed by atoms with Crippen molar-refractivity contribution >= 4 is 0 Å². The molecule has 0 radical (unpaired) electrons. The number of hydrogen-bond donors (Lipinski definition) is 1.